The minimum atomic E-state index is -3.96. The van der Waals surface area contributed by atoms with Crippen molar-refractivity contribution >= 4 is 21.6 Å². The van der Waals surface area contributed by atoms with Crippen molar-refractivity contribution in [1.82, 2.24) is 5.32 Å². The molecule has 0 fully saturated rings. The standard InChI is InChI=1S/C21H28N2O6S/c1-4-28-19-12-11-16(15-20(19)29-5-2)30(25,26)23-18-10-7-6-9-17(18)21(24)22-13-8-14-27-3/h6-7,9-12,15,23H,4-5,8,13-14H2,1-3H3,(H,22,24). The summed E-state index contributed by atoms with van der Waals surface area (Å²) in [5.41, 5.74) is 0.419. The zero-order valence-electron chi connectivity index (χ0n) is 17.4. The summed E-state index contributed by atoms with van der Waals surface area (Å²) in [5.74, 6) is 0.437. The van der Waals surface area contributed by atoms with Crippen molar-refractivity contribution < 1.29 is 27.4 Å². The summed E-state index contributed by atoms with van der Waals surface area (Å²) in [4.78, 5) is 12.5. The van der Waals surface area contributed by atoms with Crippen LogP contribution in [0.25, 0.3) is 0 Å². The summed E-state index contributed by atoms with van der Waals surface area (Å²) in [6.07, 6.45) is 0.655. The van der Waals surface area contributed by atoms with E-state index in [2.05, 4.69) is 10.0 Å². The van der Waals surface area contributed by atoms with Crippen molar-refractivity contribution in [2.45, 2.75) is 25.2 Å². The Morgan fingerprint density at radius 1 is 1.00 bits per heavy atom. The fraction of sp³-hybridized carbons (Fsp3) is 0.381. The van der Waals surface area contributed by atoms with Gasteiger partial charge in [0.05, 0.1) is 29.4 Å². The fourth-order valence-electron chi connectivity index (χ4n) is 2.69. The van der Waals surface area contributed by atoms with Crippen molar-refractivity contribution in [3.63, 3.8) is 0 Å². The highest BCUT2D eigenvalue weighted by molar-refractivity contribution is 7.92. The Morgan fingerprint density at radius 2 is 1.70 bits per heavy atom. The van der Waals surface area contributed by atoms with E-state index < -0.39 is 10.0 Å². The quantitative estimate of drug-likeness (QED) is 0.496. The normalized spacial score (nSPS) is 11.0. The lowest BCUT2D eigenvalue weighted by molar-refractivity contribution is 0.0949. The summed E-state index contributed by atoms with van der Waals surface area (Å²) >= 11 is 0. The van der Waals surface area contributed by atoms with Gasteiger partial charge in [0, 0.05) is 26.3 Å². The number of carbonyl (C=O) groups excluding carboxylic acids is 1. The molecule has 0 aliphatic carbocycles. The molecule has 0 radical (unpaired) electrons. The Balaban J connectivity index is 2.25. The van der Waals surface area contributed by atoms with Gasteiger partial charge in [0.2, 0.25) is 0 Å². The van der Waals surface area contributed by atoms with E-state index in [1.165, 1.54) is 12.1 Å². The lowest BCUT2D eigenvalue weighted by Gasteiger charge is -2.15. The molecule has 9 heteroatoms. The van der Waals surface area contributed by atoms with Crippen molar-refractivity contribution in [1.29, 1.82) is 0 Å². The number of ether oxygens (including phenoxy) is 3. The molecule has 8 nitrogen and oxygen atoms in total. The van der Waals surface area contributed by atoms with Gasteiger partial charge in [-0.15, -0.1) is 0 Å². The zero-order chi connectivity index (χ0) is 22.0. The molecule has 0 aliphatic rings. The van der Waals surface area contributed by atoms with E-state index in [9.17, 15) is 13.2 Å². The van der Waals surface area contributed by atoms with Crippen molar-refractivity contribution in [3.8, 4) is 11.5 Å². The second-order valence-electron chi connectivity index (χ2n) is 6.23. The Labute approximate surface area is 177 Å². The van der Waals surface area contributed by atoms with Gasteiger partial charge in [-0.2, -0.15) is 0 Å². The minimum absolute atomic E-state index is 0.00436. The summed E-state index contributed by atoms with van der Waals surface area (Å²) in [6, 6.07) is 10.8. The first-order valence-electron chi connectivity index (χ1n) is 9.71. The molecule has 1 amide bonds. The van der Waals surface area contributed by atoms with Gasteiger partial charge in [-0.1, -0.05) is 12.1 Å². The number of hydrogen-bond donors (Lipinski definition) is 2. The third-order valence-corrected chi connectivity index (χ3v) is 5.42. The van der Waals surface area contributed by atoms with Gasteiger partial charge in [-0.05, 0) is 44.5 Å². The average molecular weight is 437 g/mol. The molecular weight excluding hydrogens is 408 g/mol. The van der Waals surface area contributed by atoms with Gasteiger partial charge in [-0.25, -0.2) is 8.42 Å². The van der Waals surface area contributed by atoms with Crippen LogP contribution in [0.1, 0.15) is 30.6 Å². The smallest absolute Gasteiger partial charge is 0.262 e. The molecule has 0 heterocycles. The summed E-state index contributed by atoms with van der Waals surface area (Å²) in [5, 5.41) is 2.76. The number of amides is 1. The number of para-hydroxylation sites is 1. The van der Waals surface area contributed by atoms with Gasteiger partial charge >= 0.3 is 0 Å². The van der Waals surface area contributed by atoms with Gasteiger partial charge in [0.15, 0.2) is 11.5 Å². The number of methoxy groups -OCH3 is 1. The van der Waals surface area contributed by atoms with Crippen LogP contribution in [0.4, 0.5) is 5.69 Å². The summed E-state index contributed by atoms with van der Waals surface area (Å²) in [7, 11) is -2.37. The second-order valence-corrected chi connectivity index (χ2v) is 7.91. The van der Waals surface area contributed by atoms with Crippen LogP contribution in [0.5, 0.6) is 11.5 Å². The van der Waals surface area contributed by atoms with Crippen LogP contribution in [0.3, 0.4) is 0 Å². The lowest BCUT2D eigenvalue weighted by Crippen LogP contribution is -2.26. The molecule has 0 saturated heterocycles. The Hall–Kier alpha value is -2.78. The second kappa shape index (κ2) is 11.4. The third-order valence-electron chi connectivity index (χ3n) is 4.05. The zero-order valence-corrected chi connectivity index (χ0v) is 18.3. The third kappa shape index (κ3) is 6.36. The molecule has 0 saturated carbocycles. The molecule has 2 aromatic carbocycles. The molecular formula is C21H28N2O6S. The maximum Gasteiger partial charge on any atom is 0.262 e. The van der Waals surface area contributed by atoms with E-state index >= 15 is 0 Å². The predicted octanol–water partition coefficient (Wildman–Crippen LogP) is 3.05. The Bertz CT molecular complexity index is 946. The first-order valence-corrected chi connectivity index (χ1v) is 11.2. The Morgan fingerprint density at radius 3 is 2.40 bits per heavy atom. The molecule has 0 spiro atoms. The van der Waals surface area contributed by atoms with Crippen LogP contribution in [-0.4, -0.2) is 47.8 Å². The first kappa shape index (κ1) is 23.5. The topological polar surface area (TPSA) is 103 Å². The van der Waals surface area contributed by atoms with E-state index in [1.54, 1.807) is 44.4 Å². The van der Waals surface area contributed by atoms with Gasteiger partial charge < -0.3 is 19.5 Å². The highest BCUT2D eigenvalue weighted by atomic mass is 32.2. The lowest BCUT2D eigenvalue weighted by atomic mass is 10.1. The number of rotatable bonds is 12. The van der Waals surface area contributed by atoms with Crippen molar-refractivity contribution in [2.75, 3.05) is 38.2 Å². The Kier molecular flexibility index (Phi) is 8.94. The molecule has 0 atom stereocenters. The van der Waals surface area contributed by atoms with Crippen LogP contribution in [0.2, 0.25) is 0 Å². The molecule has 0 bridgehead atoms. The largest absolute Gasteiger partial charge is 0.490 e. The predicted molar refractivity (Wildman–Crippen MR) is 115 cm³/mol. The van der Waals surface area contributed by atoms with E-state index in [4.69, 9.17) is 14.2 Å². The van der Waals surface area contributed by atoms with E-state index in [-0.39, 0.29) is 22.1 Å². The molecule has 2 rings (SSSR count). The summed E-state index contributed by atoms with van der Waals surface area (Å²) < 4.78 is 44.3. The van der Waals surface area contributed by atoms with Crippen LogP contribution in [-0.2, 0) is 14.8 Å². The molecule has 2 aromatic rings. The molecule has 164 valence electrons. The highest BCUT2D eigenvalue weighted by Gasteiger charge is 2.20. The van der Waals surface area contributed by atoms with Crippen molar-refractivity contribution in [3.05, 3.63) is 48.0 Å². The van der Waals surface area contributed by atoms with E-state index in [0.717, 1.165) is 0 Å². The van der Waals surface area contributed by atoms with Crippen molar-refractivity contribution in [2.24, 2.45) is 0 Å². The first-order chi connectivity index (χ1) is 14.4. The maximum atomic E-state index is 12.9. The van der Waals surface area contributed by atoms with Crippen LogP contribution in [0, 0.1) is 0 Å². The SMILES string of the molecule is CCOc1ccc(S(=O)(=O)Nc2ccccc2C(=O)NCCCOC)cc1OCC. The number of sulfonamides is 1. The van der Waals surface area contributed by atoms with Crippen LogP contribution >= 0.6 is 0 Å². The van der Waals surface area contributed by atoms with Crippen LogP contribution in [0.15, 0.2) is 47.4 Å². The van der Waals surface area contributed by atoms with Crippen LogP contribution < -0.4 is 19.5 Å². The van der Waals surface area contributed by atoms with Gasteiger partial charge in [-0.3, -0.25) is 9.52 Å². The number of nitrogens with one attached hydrogen (secondary N) is 2. The average Bonchev–Trinajstić information content (AvgIpc) is 2.72. The fourth-order valence-corrected chi connectivity index (χ4v) is 3.78. The van der Waals surface area contributed by atoms with E-state index in [1.807, 2.05) is 6.92 Å². The molecule has 30 heavy (non-hydrogen) atoms. The molecule has 2 N–H and O–H groups in total. The number of carbonyl (C=O) groups is 1. The number of hydrogen-bond acceptors (Lipinski definition) is 6. The summed E-state index contributed by atoms with van der Waals surface area (Å²) in [6.45, 7) is 5.37. The monoisotopic (exact) mass is 436 g/mol. The van der Waals surface area contributed by atoms with Gasteiger partial charge in [0.25, 0.3) is 15.9 Å². The highest BCUT2D eigenvalue weighted by Crippen LogP contribution is 2.31. The molecule has 0 unspecified atom stereocenters. The van der Waals surface area contributed by atoms with E-state index in [0.29, 0.717) is 44.3 Å². The van der Waals surface area contributed by atoms with Gasteiger partial charge in [0.1, 0.15) is 0 Å². The number of benzene rings is 2. The minimum Gasteiger partial charge on any atom is -0.490 e. The maximum absolute atomic E-state index is 12.9. The molecule has 0 aliphatic heterocycles. The number of anilines is 1. The molecule has 0 aromatic heterocycles.